The standard InChI is InChI=1S/C17H15ClN2O/c1-2-19-17(21)16-13-9-8-12(18)10-14(13)15(20-16)11-6-4-3-5-7-11/h3-10,20H,2H2,1H3,(H,19,21). The van der Waals surface area contributed by atoms with E-state index in [0.717, 1.165) is 22.0 Å². The molecule has 0 radical (unpaired) electrons. The Morgan fingerprint density at radius 3 is 2.62 bits per heavy atom. The van der Waals surface area contributed by atoms with Crippen LogP contribution in [0.15, 0.2) is 48.5 Å². The lowest BCUT2D eigenvalue weighted by atomic mass is 10.1. The average Bonchev–Trinajstić information content (AvgIpc) is 2.87. The van der Waals surface area contributed by atoms with Crippen molar-refractivity contribution in [2.75, 3.05) is 6.54 Å². The number of H-pyrrole nitrogens is 1. The molecule has 21 heavy (non-hydrogen) atoms. The Hall–Kier alpha value is -2.26. The van der Waals surface area contributed by atoms with E-state index in [1.807, 2.05) is 49.4 Å². The summed E-state index contributed by atoms with van der Waals surface area (Å²) in [7, 11) is 0. The molecule has 106 valence electrons. The minimum atomic E-state index is -0.105. The molecule has 0 aliphatic rings. The summed E-state index contributed by atoms with van der Waals surface area (Å²) in [5, 5.41) is 5.32. The molecule has 0 fully saturated rings. The van der Waals surface area contributed by atoms with E-state index < -0.39 is 0 Å². The normalized spacial score (nSPS) is 10.8. The Balaban J connectivity index is 2.25. The maximum atomic E-state index is 12.2. The fourth-order valence-corrected chi connectivity index (χ4v) is 2.63. The average molecular weight is 299 g/mol. The molecule has 0 aliphatic heterocycles. The van der Waals surface area contributed by atoms with Gasteiger partial charge in [-0.3, -0.25) is 4.79 Å². The highest BCUT2D eigenvalue weighted by atomic mass is 35.5. The number of amides is 1. The molecular weight excluding hydrogens is 284 g/mol. The van der Waals surface area contributed by atoms with Crippen LogP contribution in [0.2, 0.25) is 5.02 Å². The molecule has 0 spiro atoms. The first-order chi connectivity index (χ1) is 10.2. The number of nitrogens with one attached hydrogen (secondary N) is 2. The first-order valence-electron chi connectivity index (χ1n) is 6.85. The van der Waals surface area contributed by atoms with Crippen LogP contribution in [0.3, 0.4) is 0 Å². The quantitative estimate of drug-likeness (QED) is 0.746. The SMILES string of the molecule is CCNC(=O)c1[nH]c(-c2ccccc2)c2cc(Cl)ccc12. The van der Waals surface area contributed by atoms with Gasteiger partial charge in [0.15, 0.2) is 0 Å². The van der Waals surface area contributed by atoms with Crippen LogP contribution in [0.1, 0.15) is 17.4 Å². The van der Waals surface area contributed by atoms with Gasteiger partial charge in [0, 0.05) is 22.3 Å². The summed E-state index contributed by atoms with van der Waals surface area (Å²) in [5.74, 6) is -0.105. The zero-order valence-corrected chi connectivity index (χ0v) is 12.4. The van der Waals surface area contributed by atoms with Gasteiger partial charge in [-0.05, 0) is 24.6 Å². The smallest absolute Gasteiger partial charge is 0.268 e. The highest BCUT2D eigenvalue weighted by Gasteiger charge is 2.16. The van der Waals surface area contributed by atoms with Gasteiger partial charge < -0.3 is 10.3 Å². The van der Waals surface area contributed by atoms with Gasteiger partial charge in [-0.1, -0.05) is 48.0 Å². The molecule has 0 bridgehead atoms. The summed E-state index contributed by atoms with van der Waals surface area (Å²) in [6, 6.07) is 15.5. The molecule has 0 saturated heterocycles. The van der Waals surface area contributed by atoms with Crippen molar-refractivity contribution in [1.29, 1.82) is 0 Å². The molecular formula is C17H15ClN2O. The van der Waals surface area contributed by atoms with Crippen molar-refractivity contribution < 1.29 is 4.79 Å². The fourth-order valence-electron chi connectivity index (χ4n) is 2.46. The summed E-state index contributed by atoms with van der Waals surface area (Å²) in [5.41, 5.74) is 2.51. The van der Waals surface area contributed by atoms with E-state index in [4.69, 9.17) is 11.6 Å². The topological polar surface area (TPSA) is 44.9 Å². The molecule has 4 heteroatoms. The van der Waals surface area contributed by atoms with Crippen LogP contribution in [0.25, 0.3) is 22.0 Å². The second-order valence-corrected chi connectivity index (χ2v) is 5.23. The number of fused-ring (bicyclic) bond motifs is 1. The molecule has 3 rings (SSSR count). The lowest BCUT2D eigenvalue weighted by Gasteiger charge is -2.00. The van der Waals surface area contributed by atoms with Gasteiger partial charge in [0.05, 0.1) is 5.69 Å². The molecule has 2 aromatic carbocycles. The van der Waals surface area contributed by atoms with Crippen LogP contribution in [0, 0.1) is 0 Å². The van der Waals surface area contributed by atoms with Gasteiger partial charge in [-0.15, -0.1) is 0 Å². The van der Waals surface area contributed by atoms with Gasteiger partial charge in [0.25, 0.3) is 5.91 Å². The predicted molar refractivity (Wildman–Crippen MR) is 86.8 cm³/mol. The van der Waals surface area contributed by atoms with E-state index in [1.54, 1.807) is 6.07 Å². The molecule has 1 heterocycles. The van der Waals surface area contributed by atoms with Crippen molar-refractivity contribution in [1.82, 2.24) is 10.3 Å². The molecule has 3 nitrogen and oxygen atoms in total. The van der Waals surface area contributed by atoms with Crippen molar-refractivity contribution in [3.05, 3.63) is 59.2 Å². The Morgan fingerprint density at radius 1 is 1.14 bits per heavy atom. The van der Waals surface area contributed by atoms with Crippen molar-refractivity contribution in [2.24, 2.45) is 0 Å². The van der Waals surface area contributed by atoms with E-state index in [1.165, 1.54) is 0 Å². The van der Waals surface area contributed by atoms with E-state index in [-0.39, 0.29) is 5.91 Å². The molecule has 0 saturated carbocycles. The predicted octanol–water partition coefficient (Wildman–Crippen LogP) is 4.24. The molecule has 1 aromatic heterocycles. The second-order valence-electron chi connectivity index (χ2n) is 4.79. The number of benzene rings is 2. The maximum absolute atomic E-state index is 12.2. The van der Waals surface area contributed by atoms with Crippen LogP contribution in [0.5, 0.6) is 0 Å². The molecule has 0 atom stereocenters. The number of aromatic amines is 1. The van der Waals surface area contributed by atoms with E-state index in [2.05, 4.69) is 10.3 Å². The summed E-state index contributed by atoms with van der Waals surface area (Å²) < 4.78 is 0. The summed E-state index contributed by atoms with van der Waals surface area (Å²) in [4.78, 5) is 15.5. The number of hydrogen-bond acceptors (Lipinski definition) is 1. The Labute approximate surface area is 127 Å². The molecule has 0 aliphatic carbocycles. The summed E-state index contributed by atoms with van der Waals surface area (Å²) in [6.45, 7) is 2.49. The number of carbonyl (C=O) groups is 1. The molecule has 0 unspecified atom stereocenters. The second kappa shape index (κ2) is 5.62. The number of halogens is 1. The van der Waals surface area contributed by atoms with Gasteiger partial charge >= 0.3 is 0 Å². The van der Waals surface area contributed by atoms with Gasteiger partial charge in [-0.2, -0.15) is 0 Å². The van der Waals surface area contributed by atoms with E-state index >= 15 is 0 Å². The Bertz CT molecular complexity index is 793. The summed E-state index contributed by atoms with van der Waals surface area (Å²) >= 11 is 6.11. The van der Waals surface area contributed by atoms with Gasteiger partial charge in [0.2, 0.25) is 0 Å². The zero-order valence-electron chi connectivity index (χ0n) is 11.6. The van der Waals surface area contributed by atoms with Gasteiger partial charge in [0.1, 0.15) is 5.69 Å². The van der Waals surface area contributed by atoms with Crippen molar-refractivity contribution in [2.45, 2.75) is 6.92 Å². The third-order valence-electron chi connectivity index (χ3n) is 3.40. The summed E-state index contributed by atoms with van der Waals surface area (Å²) in [6.07, 6.45) is 0. The Kier molecular flexibility index (Phi) is 3.67. The highest BCUT2D eigenvalue weighted by Crippen LogP contribution is 2.32. The van der Waals surface area contributed by atoms with Crippen molar-refractivity contribution in [3.8, 4) is 11.3 Å². The van der Waals surface area contributed by atoms with Gasteiger partial charge in [-0.25, -0.2) is 0 Å². The maximum Gasteiger partial charge on any atom is 0.268 e. The minimum Gasteiger partial charge on any atom is -0.351 e. The third kappa shape index (κ3) is 2.52. The molecule has 3 aromatic rings. The number of rotatable bonds is 3. The third-order valence-corrected chi connectivity index (χ3v) is 3.63. The van der Waals surface area contributed by atoms with E-state index in [9.17, 15) is 4.79 Å². The highest BCUT2D eigenvalue weighted by molar-refractivity contribution is 6.31. The lowest BCUT2D eigenvalue weighted by molar-refractivity contribution is 0.0953. The minimum absolute atomic E-state index is 0.105. The van der Waals surface area contributed by atoms with Crippen LogP contribution in [-0.2, 0) is 0 Å². The van der Waals surface area contributed by atoms with Crippen LogP contribution >= 0.6 is 11.6 Å². The number of aromatic nitrogens is 1. The number of hydrogen-bond donors (Lipinski definition) is 2. The largest absolute Gasteiger partial charge is 0.351 e. The monoisotopic (exact) mass is 298 g/mol. The van der Waals surface area contributed by atoms with Crippen molar-refractivity contribution in [3.63, 3.8) is 0 Å². The first-order valence-corrected chi connectivity index (χ1v) is 7.23. The van der Waals surface area contributed by atoms with Crippen molar-refractivity contribution >= 4 is 28.3 Å². The molecule has 1 amide bonds. The molecule has 2 N–H and O–H groups in total. The Morgan fingerprint density at radius 2 is 1.90 bits per heavy atom. The van der Waals surface area contributed by atoms with Crippen LogP contribution < -0.4 is 5.32 Å². The lowest BCUT2D eigenvalue weighted by Crippen LogP contribution is -2.23. The first kappa shape index (κ1) is 13.7. The van der Waals surface area contributed by atoms with Crippen LogP contribution in [0.4, 0.5) is 0 Å². The fraction of sp³-hybridized carbons (Fsp3) is 0.118. The zero-order chi connectivity index (χ0) is 14.8. The number of carbonyl (C=O) groups excluding carboxylic acids is 1. The van der Waals surface area contributed by atoms with Crippen LogP contribution in [-0.4, -0.2) is 17.4 Å². The van der Waals surface area contributed by atoms with E-state index in [0.29, 0.717) is 17.3 Å².